The van der Waals surface area contributed by atoms with Crippen molar-refractivity contribution in [3.05, 3.63) is 42.5 Å². The molecule has 120 valence electrons. The molecular weight excluding hydrogens is 256 g/mol. The van der Waals surface area contributed by atoms with E-state index in [1.807, 2.05) is 20.9 Å². The number of nitrogens with zero attached hydrogens (tertiary/aromatic N) is 1. The molecule has 0 bridgehead atoms. The first-order valence-electron chi connectivity index (χ1n) is 8.31. The highest BCUT2D eigenvalue weighted by Crippen LogP contribution is 2.26. The molecule has 1 N–H and O–H groups in total. The molecule has 1 heterocycles. The molecule has 2 heteroatoms. The van der Waals surface area contributed by atoms with E-state index in [1.54, 1.807) is 0 Å². The fourth-order valence-electron chi connectivity index (χ4n) is 2.69. The zero-order chi connectivity index (χ0) is 16.1. The van der Waals surface area contributed by atoms with Gasteiger partial charge in [0.15, 0.2) is 0 Å². The van der Waals surface area contributed by atoms with Gasteiger partial charge in [-0.25, -0.2) is 0 Å². The van der Waals surface area contributed by atoms with E-state index < -0.39 is 0 Å². The van der Waals surface area contributed by atoms with Crippen LogP contribution >= 0.6 is 0 Å². The van der Waals surface area contributed by atoms with Crippen molar-refractivity contribution < 1.29 is 0 Å². The Bertz CT molecular complexity index is 368. The summed E-state index contributed by atoms with van der Waals surface area (Å²) in [4.78, 5) is 2.57. The molecule has 0 spiro atoms. The van der Waals surface area contributed by atoms with Crippen molar-refractivity contribution in [2.75, 3.05) is 31.6 Å². The maximum absolute atomic E-state index is 3.26. The molecule has 1 aliphatic rings. The van der Waals surface area contributed by atoms with E-state index in [4.69, 9.17) is 0 Å². The molecular formula is C19H34N2. The molecule has 0 saturated carbocycles. The van der Waals surface area contributed by atoms with E-state index in [1.165, 1.54) is 49.2 Å². The van der Waals surface area contributed by atoms with Gasteiger partial charge in [0.25, 0.3) is 0 Å². The molecule has 0 atom stereocenters. The van der Waals surface area contributed by atoms with Gasteiger partial charge in [-0.05, 0) is 63.4 Å². The number of rotatable bonds is 4. The molecule has 0 aliphatic carbocycles. The maximum atomic E-state index is 3.26. The van der Waals surface area contributed by atoms with E-state index in [2.05, 4.69) is 48.5 Å². The van der Waals surface area contributed by atoms with Crippen molar-refractivity contribution in [3.8, 4) is 0 Å². The van der Waals surface area contributed by atoms with Gasteiger partial charge in [0, 0.05) is 18.8 Å². The molecule has 0 aromatic heterocycles. The standard InChI is InChI=1S/C15H24N2.C2H6.C2H4/c1-13-7-6-8-15(14(13)9-10-16-2)17-11-4-3-5-12-17;2*1-2/h6-8,16H,3-5,9-12H2,1-2H3;1-2H3;1-2H2. The van der Waals surface area contributed by atoms with E-state index in [-0.39, 0.29) is 0 Å². The Balaban J connectivity index is 0.000000921. The molecule has 1 aliphatic heterocycles. The lowest BCUT2D eigenvalue weighted by Gasteiger charge is -2.31. The van der Waals surface area contributed by atoms with Crippen molar-refractivity contribution in [3.63, 3.8) is 0 Å². The molecule has 0 radical (unpaired) electrons. The number of hydrogen-bond donors (Lipinski definition) is 1. The number of nitrogens with one attached hydrogen (secondary N) is 1. The normalized spacial score (nSPS) is 13.6. The first-order valence-corrected chi connectivity index (χ1v) is 8.31. The number of piperidine rings is 1. The van der Waals surface area contributed by atoms with Crippen LogP contribution in [-0.2, 0) is 6.42 Å². The first-order chi connectivity index (χ1) is 10.3. The minimum Gasteiger partial charge on any atom is -0.371 e. The fraction of sp³-hybridized carbons (Fsp3) is 0.579. The lowest BCUT2D eigenvalue weighted by atomic mass is 10.0. The van der Waals surface area contributed by atoms with Gasteiger partial charge in [-0.15, -0.1) is 13.2 Å². The van der Waals surface area contributed by atoms with Crippen LogP contribution < -0.4 is 10.2 Å². The fourth-order valence-corrected chi connectivity index (χ4v) is 2.69. The Morgan fingerprint density at radius 2 is 1.71 bits per heavy atom. The van der Waals surface area contributed by atoms with Crippen molar-refractivity contribution in [1.82, 2.24) is 5.32 Å². The summed E-state index contributed by atoms with van der Waals surface area (Å²) in [5.41, 5.74) is 4.44. The summed E-state index contributed by atoms with van der Waals surface area (Å²) in [6.45, 7) is 15.8. The average Bonchev–Trinajstić information content (AvgIpc) is 2.58. The van der Waals surface area contributed by atoms with E-state index >= 15 is 0 Å². The Labute approximate surface area is 132 Å². The molecule has 2 rings (SSSR count). The van der Waals surface area contributed by atoms with E-state index in [0.29, 0.717) is 0 Å². The van der Waals surface area contributed by atoms with Gasteiger partial charge in [0.2, 0.25) is 0 Å². The van der Waals surface area contributed by atoms with Gasteiger partial charge in [0.05, 0.1) is 0 Å². The summed E-state index contributed by atoms with van der Waals surface area (Å²) < 4.78 is 0. The smallest absolute Gasteiger partial charge is 0.0401 e. The third-order valence-corrected chi connectivity index (χ3v) is 3.71. The van der Waals surface area contributed by atoms with Crippen molar-refractivity contribution in [1.29, 1.82) is 0 Å². The average molecular weight is 290 g/mol. The van der Waals surface area contributed by atoms with Crippen LogP contribution in [0.2, 0.25) is 0 Å². The monoisotopic (exact) mass is 290 g/mol. The van der Waals surface area contributed by atoms with E-state index in [0.717, 1.165) is 13.0 Å². The lowest BCUT2D eigenvalue weighted by molar-refractivity contribution is 0.575. The van der Waals surface area contributed by atoms with E-state index in [9.17, 15) is 0 Å². The van der Waals surface area contributed by atoms with Crippen molar-refractivity contribution in [2.45, 2.75) is 46.5 Å². The van der Waals surface area contributed by atoms with Crippen LogP contribution in [0, 0.1) is 6.92 Å². The van der Waals surface area contributed by atoms with Crippen LogP contribution in [0.4, 0.5) is 5.69 Å². The second-order valence-electron chi connectivity index (χ2n) is 4.97. The van der Waals surface area contributed by atoms with Gasteiger partial charge in [-0.2, -0.15) is 0 Å². The van der Waals surface area contributed by atoms with Crippen LogP contribution in [-0.4, -0.2) is 26.7 Å². The summed E-state index contributed by atoms with van der Waals surface area (Å²) in [5.74, 6) is 0. The second-order valence-corrected chi connectivity index (χ2v) is 4.97. The van der Waals surface area contributed by atoms with Gasteiger partial charge >= 0.3 is 0 Å². The van der Waals surface area contributed by atoms with Crippen LogP contribution in [0.5, 0.6) is 0 Å². The highest BCUT2D eigenvalue weighted by Gasteiger charge is 2.15. The number of aryl methyl sites for hydroxylation is 1. The number of anilines is 1. The quantitative estimate of drug-likeness (QED) is 0.817. The zero-order valence-electron chi connectivity index (χ0n) is 14.5. The van der Waals surface area contributed by atoms with Gasteiger partial charge in [-0.3, -0.25) is 0 Å². The molecule has 1 fully saturated rings. The van der Waals surface area contributed by atoms with Crippen LogP contribution in [0.25, 0.3) is 0 Å². The number of hydrogen-bond acceptors (Lipinski definition) is 2. The Hall–Kier alpha value is -1.28. The summed E-state index contributed by atoms with van der Waals surface area (Å²) in [6, 6.07) is 6.73. The van der Waals surface area contributed by atoms with Crippen molar-refractivity contribution in [2.24, 2.45) is 0 Å². The Kier molecular flexibility index (Phi) is 11.7. The Morgan fingerprint density at radius 1 is 1.10 bits per heavy atom. The van der Waals surface area contributed by atoms with Crippen LogP contribution in [0.1, 0.15) is 44.2 Å². The molecule has 0 unspecified atom stereocenters. The highest BCUT2D eigenvalue weighted by molar-refractivity contribution is 5.57. The van der Waals surface area contributed by atoms with Crippen LogP contribution in [0.3, 0.4) is 0 Å². The number of likely N-dealkylation sites (N-methyl/N-ethyl adjacent to an activating group) is 1. The largest absolute Gasteiger partial charge is 0.371 e. The number of benzene rings is 1. The van der Waals surface area contributed by atoms with Crippen molar-refractivity contribution >= 4 is 5.69 Å². The summed E-state index contributed by atoms with van der Waals surface area (Å²) >= 11 is 0. The Morgan fingerprint density at radius 3 is 2.29 bits per heavy atom. The van der Waals surface area contributed by atoms with Crippen LogP contribution in [0.15, 0.2) is 31.4 Å². The topological polar surface area (TPSA) is 15.3 Å². The maximum Gasteiger partial charge on any atom is 0.0401 e. The second kappa shape index (κ2) is 12.5. The minimum atomic E-state index is 1.06. The predicted molar refractivity (Wildman–Crippen MR) is 97.5 cm³/mol. The minimum absolute atomic E-state index is 1.06. The summed E-state index contributed by atoms with van der Waals surface area (Å²) in [6.07, 6.45) is 5.22. The molecule has 1 aromatic rings. The summed E-state index contributed by atoms with van der Waals surface area (Å²) in [7, 11) is 2.03. The zero-order valence-corrected chi connectivity index (χ0v) is 14.5. The summed E-state index contributed by atoms with van der Waals surface area (Å²) in [5, 5.41) is 3.26. The van der Waals surface area contributed by atoms with Gasteiger partial charge < -0.3 is 10.2 Å². The third kappa shape index (κ3) is 6.34. The predicted octanol–water partition coefficient (Wildman–Crippen LogP) is 4.58. The third-order valence-electron chi connectivity index (χ3n) is 3.71. The highest BCUT2D eigenvalue weighted by atomic mass is 15.1. The molecule has 2 nitrogen and oxygen atoms in total. The SMILES string of the molecule is C=C.CC.CNCCc1c(C)cccc1N1CCCCC1. The van der Waals surface area contributed by atoms with Gasteiger partial charge in [0.1, 0.15) is 0 Å². The molecule has 1 saturated heterocycles. The molecule has 1 aromatic carbocycles. The molecule has 0 amide bonds. The first kappa shape index (κ1) is 19.7. The van der Waals surface area contributed by atoms with Gasteiger partial charge in [-0.1, -0.05) is 26.0 Å². The molecule has 21 heavy (non-hydrogen) atoms. The lowest BCUT2D eigenvalue weighted by Crippen LogP contribution is -2.30.